The number of amides is 1. The van der Waals surface area contributed by atoms with Crippen molar-refractivity contribution in [2.24, 2.45) is 10.8 Å². The maximum Gasteiger partial charge on any atom is 0.268 e. The van der Waals surface area contributed by atoms with Gasteiger partial charge in [0.05, 0.1) is 105 Å². The van der Waals surface area contributed by atoms with Crippen LogP contribution in [0.3, 0.4) is 0 Å². The normalized spacial score (nSPS) is 10.2. The molecule has 0 atom stereocenters. The molecule has 10 heterocycles. The lowest BCUT2D eigenvalue weighted by atomic mass is 10.1. The Morgan fingerprint density at radius 3 is 1.27 bits per heavy atom. The number of isothiocyanates is 1. The number of nitrogens with two attached hydrogens (primary N) is 6. The Bertz CT molecular complexity index is 6790. The number of aromatic amines is 2. The fourth-order valence-corrected chi connectivity index (χ4v) is 13.1. The average Bonchev–Trinajstić information content (AvgIpc) is 1.65. The number of anilines is 6. The first-order chi connectivity index (χ1) is 63.8. The van der Waals surface area contributed by atoms with E-state index in [1.165, 1.54) is 49.0 Å². The first kappa shape index (κ1) is 99.4. The van der Waals surface area contributed by atoms with Crippen molar-refractivity contribution in [2.45, 2.75) is 37.6 Å². The first-order valence-electron chi connectivity index (χ1n) is 37.6. The number of alkyl halides is 1. The number of para-hydroxylation sites is 5. The second-order valence-electron chi connectivity index (χ2n) is 25.7. The smallest absolute Gasteiger partial charge is 0.268 e. The number of nitrogens with one attached hydrogen (secondary N) is 5. The summed E-state index contributed by atoms with van der Waals surface area (Å²) in [5.41, 5.74) is 39.4. The monoisotopic (exact) mass is 1980 g/mol. The van der Waals surface area contributed by atoms with Gasteiger partial charge in [0, 0.05) is 80.0 Å². The second kappa shape index (κ2) is 50.3. The lowest BCUT2D eigenvalue weighted by molar-refractivity contribution is 0.0951. The highest BCUT2D eigenvalue weighted by molar-refractivity contribution is 7.98. The summed E-state index contributed by atoms with van der Waals surface area (Å²) in [4.78, 5) is 65.1. The second-order valence-corrected chi connectivity index (χ2v) is 30.3. The predicted octanol–water partition coefficient (Wildman–Crippen LogP) is 16.8. The summed E-state index contributed by atoms with van der Waals surface area (Å²) in [6.07, 6.45) is 14.9. The Balaban J connectivity index is 0.000000164. The van der Waals surface area contributed by atoms with Gasteiger partial charge in [0.25, 0.3) is 5.91 Å². The van der Waals surface area contributed by atoms with Gasteiger partial charge in [-0.1, -0.05) is 166 Å². The van der Waals surface area contributed by atoms with Gasteiger partial charge >= 0.3 is 0 Å². The number of nitriles is 1. The quantitative estimate of drug-likeness (QED) is 0.00555. The van der Waals surface area contributed by atoms with Crippen LogP contribution in [-0.2, 0) is 11.6 Å². The Morgan fingerprint density at radius 2 is 0.864 bits per heavy atom. The number of aromatic nitrogens is 23. The number of hydrogen-bond acceptors (Lipinski definition) is 35. The third-order valence-corrected chi connectivity index (χ3v) is 20.3. The molecule has 132 heavy (non-hydrogen) atoms. The number of halogens is 6. The number of aryl methyl sites for hydroxylation is 2. The number of carbonyl (C=O) groups excluding carboxylic acids is 2. The van der Waals surface area contributed by atoms with Gasteiger partial charge in [0.15, 0.2) is 43.1 Å². The maximum atomic E-state index is 11.9. The number of nitrogen functional groups attached to an aromatic ring is 6. The standard InChI is InChI=1S/C22H17ClN8OS.C13H12ClN5OS.2C12H9ClN6S.C10H9ClN2O.C7H4ClNS.C5H7N5O.C2H3N/c1-13-6-8-14(9-7-13)20-29-27-18(32-20)12-33-22-30-28-19(15-10-25-21(24)26-11-15)31(22)17-5-3-2-4-16(17)23;14-9-3-1-2-4-10(9)19-13(21)18-7-11(20)8-5-16-12(15)17-6-8;2*13-8-3-1-2-4-9(8)19-10(17-18-12(19)20)7-5-15-11(14)16-6-7;1-7-2-4-8(5-3-7)10-13-12-9(6-11)14-10;8-6-3-1-2-4-7(6)9-5-10;6-5-8-1-3(2-9-5)4(11)10-7;1-2-3/h2-11H,12H2,1H3,(H2,24,25,26);1-6H,7H2,(H2,15,16,17)(H2,18,19,21);2*1-6H,(H,18,20)(H2,14,15,16);2-5H,6H2,1H3;1-4H;1-2H,7H2,(H,10,11)(H2,6,8,9);1H3. The number of Topliss-reactive ketones (excluding diaryl/α,β-unsaturated/α-hetero) is 1. The zero-order chi connectivity index (χ0) is 94.6. The van der Waals surface area contributed by atoms with Gasteiger partial charge in [0.1, 0.15) is 5.88 Å². The largest absolute Gasteiger partial charge is 0.420 e. The molecule has 668 valence electrons. The molecule has 1 amide bonds. The van der Waals surface area contributed by atoms with Crippen molar-refractivity contribution in [1.82, 2.24) is 125 Å². The zero-order valence-corrected chi connectivity index (χ0v) is 77.4. The van der Waals surface area contributed by atoms with Gasteiger partial charge in [-0.3, -0.25) is 38.9 Å². The van der Waals surface area contributed by atoms with Gasteiger partial charge < -0.3 is 48.1 Å². The molecule has 0 saturated carbocycles. The molecule has 0 saturated heterocycles. The number of thioether (sulfide) groups is 1. The molecule has 0 aliphatic rings. The molecule has 49 heteroatoms. The van der Waals surface area contributed by atoms with E-state index in [0.717, 1.165) is 33.8 Å². The number of hydrogen-bond donors (Lipinski definition) is 11. The molecule has 0 aliphatic heterocycles. The van der Waals surface area contributed by atoms with Crippen molar-refractivity contribution < 1.29 is 18.4 Å². The highest BCUT2D eigenvalue weighted by Crippen LogP contribution is 2.35. The van der Waals surface area contributed by atoms with Crippen LogP contribution in [0.1, 0.15) is 50.5 Å². The minimum absolute atomic E-state index is 0.0174. The molecule has 0 fully saturated rings. The van der Waals surface area contributed by atoms with E-state index in [0.29, 0.717) is 125 Å². The van der Waals surface area contributed by atoms with Gasteiger partial charge in [-0.25, -0.2) is 55.7 Å². The number of carbonyl (C=O) groups is 2. The van der Waals surface area contributed by atoms with Crippen LogP contribution in [0.4, 0.5) is 41.1 Å². The molecule has 17 rings (SSSR count). The Morgan fingerprint density at radius 1 is 0.485 bits per heavy atom. The van der Waals surface area contributed by atoms with Crippen LogP contribution < -0.4 is 50.6 Å². The molecule has 0 bridgehead atoms. The number of benzene rings is 7. The summed E-state index contributed by atoms with van der Waals surface area (Å²) in [6, 6.07) is 54.1. The number of nitrogens with zero attached hydrogens (tertiary/aromatic N) is 23. The van der Waals surface area contributed by atoms with Crippen LogP contribution in [0.15, 0.2) is 251 Å². The number of H-pyrrole nitrogens is 2. The van der Waals surface area contributed by atoms with Crippen LogP contribution in [-0.4, -0.2) is 143 Å². The van der Waals surface area contributed by atoms with Crippen LogP contribution in [0, 0.1) is 34.7 Å². The Hall–Kier alpha value is -14.8. The lowest BCUT2D eigenvalue weighted by Gasteiger charge is -2.11. The summed E-state index contributed by atoms with van der Waals surface area (Å²) < 4.78 is 17.3. The molecule has 0 spiro atoms. The van der Waals surface area contributed by atoms with Gasteiger partial charge in [-0.05, 0) is 148 Å². The van der Waals surface area contributed by atoms with E-state index >= 15 is 0 Å². The number of rotatable bonds is 18. The number of thiocarbonyl (C=S) groups is 2. The molecule has 17 aromatic rings. The molecule has 17 N–H and O–H groups in total. The number of ketones is 1. The molecule has 38 nitrogen and oxygen atoms in total. The SMILES string of the molecule is CC#N.Cc1ccc(-c2nnc(CCl)o2)cc1.Cc1ccc(-c2nnc(CSc3nnc(-c4cnc(N)nc4)n3-c3ccccc3Cl)o2)cc1.NNC(=O)c1cnc(N)nc1.Nc1ncc(-c2n[nH]c(=S)n2-c2ccccc2Cl)cn1.Nc1ncc(-c2n[nH]c(=S)n2-c2ccccc2Cl)cn1.Nc1ncc(C(=O)CNC(=S)Nc2ccccc2Cl)cn1.S=C=Nc1ccccc1Cl. The van der Waals surface area contributed by atoms with Gasteiger partial charge in [0.2, 0.25) is 53.3 Å². The molecular formula is C83H70Cl6N34O4S5. The topological polar surface area (TPSA) is 567 Å². The van der Waals surface area contributed by atoms with Crippen molar-refractivity contribution >= 4 is 193 Å². The van der Waals surface area contributed by atoms with Crippen molar-refractivity contribution in [3.63, 3.8) is 0 Å². The molecule has 10 aromatic heterocycles. The van der Waals surface area contributed by atoms with E-state index in [2.05, 4.69) is 134 Å². The fourth-order valence-electron chi connectivity index (χ4n) is 10.4. The molecule has 7 aromatic carbocycles. The van der Waals surface area contributed by atoms with Gasteiger partial charge in [-0.15, -0.1) is 42.2 Å². The van der Waals surface area contributed by atoms with E-state index in [1.54, 1.807) is 94.8 Å². The first-order valence-corrected chi connectivity index (χ1v) is 42.7. The third-order valence-electron chi connectivity index (χ3n) is 16.6. The molecule has 0 aliphatic carbocycles. The summed E-state index contributed by atoms with van der Waals surface area (Å²) in [6.45, 7) is 5.50. The van der Waals surface area contributed by atoms with E-state index in [9.17, 15) is 9.59 Å². The average molecular weight is 1980 g/mol. The van der Waals surface area contributed by atoms with Crippen molar-refractivity contribution in [3.05, 3.63) is 301 Å². The fraction of sp³-hybridized carbons (Fsp3) is 0.0723. The summed E-state index contributed by atoms with van der Waals surface area (Å²) in [5.74, 6) is 9.28. The van der Waals surface area contributed by atoms with Crippen molar-refractivity contribution in [1.29, 1.82) is 5.26 Å². The maximum absolute atomic E-state index is 11.9. The highest BCUT2D eigenvalue weighted by atomic mass is 35.5. The predicted molar refractivity (Wildman–Crippen MR) is 520 cm³/mol. The van der Waals surface area contributed by atoms with Crippen molar-refractivity contribution in [2.75, 3.05) is 40.5 Å². The highest BCUT2D eigenvalue weighted by Gasteiger charge is 2.22. The Labute approximate surface area is 805 Å². The zero-order valence-electron chi connectivity index (χ0n) is 68.8. The van der Waals surface area contributed by atoms with E-state index in [-0.39, 0.29) is 53.5 Å². The van der Waals surface area contributed by atoms with Crippen LogP contribution in [0.2, 0.25) is 25.1 Å². The lowest BCUT2D eigenvalue weighted by Crippen LogP contribution is -2.33. The number of aliphatic imine (C=N–C) groups is 1. The summed E-state index contributed by atoms with van der Waals surface area (Å²) in [7, 11) is 0. The third kappa shape index (κ3) is 28.9. The number of hydrazine groups is 1. The van der Waals surface area contributed by atoms with Crippen LogP contribution >= 0.6 is 130 Å². The van der Waals surface area contributed by atoms with E-state index in [1.807, 2.05) is 151 Å². The van der Waals surface area contributed by atoms with E-state index in [4.69, 9.17) is 155 Å². The minimum atomic E-state index is -0.440. The Kier molecular flexibility index (Phi) is 37.9. The summed E-state index contributed by atoms with van der Waals surface area (Å²) >= 11 is 57.6. The van der Waals surface area contributed by atoms with Gasteiger partial charge in [-0.2, -0.15) is 20.5 Å². The van der Waals surface area contributed by atoms with Crippen LogP contribution in [0.25, 0.3) is 74.1 Å². The summed E-state index contributed by atoms with van der Waals surface area (Å²) in [5, 5.41) is 57.6. The minimum Gasteiger partial charge on any atom is -0.420 e. The molecule has 0 unspecified atom stereocenters. The van der Waals surface area contributed by atoms with Crippen LogP contribution in [0.5, 0.6) is 0 Å². The van der Waals surface area contributed by atoms with E-state index < -0.39 is 5.91 Å². The molecular weight excluding hydrogens is 1910 g/mol. The molecule has 0 radical (unpaired) electrons. The van der Waals surface area contributed by atoms with Crippen molar-refractivity contribution in [3.8, 4) is 80.2 Å².